The molecule has 18 heavy (non-hydrogen) atoms. The number of hydrogen-bond donors (Lipinski definition) is 1. The Morgan fingerprint density at radius 3 is 2.72 bits per heavy atom. The summed E-state index contributed by atoms with van der Waals surface area (Å²) < 4.78 is 19.8. The molecule has 0 bridgehead atoms. The molecule has 0 spiro atoms. The van der Waals surface area contributed by atoms with Crippen LogP contribution in [0.4, 0.5) is 4.39 Å². The van der Waals surface area contributed by atoms with Crippen molar-refractivity contribution in [2.45, 2.75) is 13.0 Å². The first-order valence-corrected chi connectivity index (χ1v) is 5.55. The molecule has 4 nitrogen and oxygen atoms in total. The van der Waals surface area contributed by atoms with Crippen LogP contribution in [-0.4, -0.2) is 22.0 Å². The second-order valence-corrected chi connectivity index (χ2v) is 4.14. The molecule has 1 aromatic heterocycles. The molecule has 1 atom stereocenters. The molecule has 5 heteroatoms. The van der Waals surface area contributed by atoms with Crippen LogP contribution in [0.25, 0.3) is 0 Å². The standard InChI is InChI=1S/C13H15FN2O2/c1-8-4-5-9(14)6-10(8)13(17)11-7-12(18-3)16(2)15-11/h4-7,13,17H,1-3H3. The molecule has 0 amide bonds. The fourth-order valence-corrected chi connectivity index (χ4v) is 1.86. The van der Waals surface area contributed by atoms with Crippen molar-refractivity contribution >= 4 is 0 Å². The van der Waals surface area contributed by atoms with Crippen molar-refractivity contribution in [3.05, 3.63) is 46.9 Å². The molecule has 1 N–H and O–H groups in total. The Kier molecular flexibility index (Phi) is 3.34. The third-order valence-electron chi connectivity index (χ3n) is 2.88. The fourth-order valence-electron chi connectivity index (χ4n) is 1.86. The summed E-state index contributed by atoms with van der Waals surface area (Å²) in [6, 6.07) is 5.95. The fraction of sp³-hybridized carbons (Fsp3) is 0.308. The van der Waals surface area contributed by atoms with Gasteiger partial charge in [0.05, 0.1) is 12.8 Å². The first-order chi connectivity index (χ1) is 8.52. The van der Waals surface area contributed by atoms with E-state index in [1.54, 1.807) is 19.2 Å². The lowest BCUT2D eigenvalue weighted by Crippen LogP contribution is -2.04. The van der Waals surface area contributed by atoms with Crippen LogP contribution in [0.5, 0.6) is 5.88 Å². The van der Waals surface area contributed by atoms with Gasteiger partial charge in [-0.2, -0.15) is 5.10 Å². The van der Waals surface area contributed by atoms with E-state index in [-0.39, 0.29) is 5.82 Å². The molecule has 0 aliphatic heterocycles. The molecule has 1 heterocycles. The number of aliphatic hydroxyl groups excluding tert-OH is 1. The third-order valence-corrected chi connectivity index (χ3v) is 2.88. The first-order valence-electron chi connectivity index (χ1n) is 5.55. The number of hydrogen-bond acceptors (Lipinski definition) is 3. The molecular formula is C13H15FN2O2. The molecule has 2 aromatic rings. The number of aliphatic hydroxyl groups is 1. The van der Waals surface area contributed by atoms with Crippen LogP contribution in [0.3, 0.4) is 0 Å². The summed E-state index contributed by atoms with van der Waals surface area (Å²) >= 11 is 0. The Morgan fingerprint density at radius 2 is 2.11 bits per heavy atom. The molecule has 0 radical (unpaired) electrons. The smallest absolute Gasteiger partial charge is 0.211 e. The van der Waals surface area contributed by atoms with E-state index in [0.717, 1.165) is 5.56 Å². The maximum absolute atomic E-state index is 13.2. The molecule has 96 valence electrons. The van der Waals surface area contributed by atoms with E-state index in [2.05, 4.69) is 5.10 Å². The largest absolute Gasteiger partial charge is 0.481 e. The molecular weight excluding hydrogens is 235 g/mol. The maximum Gasteiger partial charge on any atom is 0.211 e. The van der Waals surface area contributed by atoms with E-state index in [0.29, 0.717) is 17.1 Å². The minimum Gasteiger partial charge on any atom is -0.481 e. The topological polar surface area (TPSA) is 47.3 Å². The van der Waals surface area contributed by atoms with Gasteiger partial charge in [0, 0.05) is 13.1 Å². The van der Waals surface area contributed by atoms with Gasteiger partial charge in [0.2, 0.25) is 5.88 Å². The monoisotopic (exact) mass is 250 g/mol. The summed E-state index contributed by atoms with van der Waals surface area (Å²) in [6.45, 7) is 1.82. The van der Waals surface area contributed by atoms with E-state index < -0.39 is 6.10 Å². The molecule has 1 unspecified atom stereocenters. The Balaban J connectivity index is 2.40. The zero-order chi connectivity index (χ0) is 13.3. The van der Waals surface area contributed by atoms with E-state index in [4.69, 9.17) is 4.74 Å². The van der Waals surface area contributed by atoms with E-state index >= 15 is 0 Å². The lowest BCUT2D eigenvalue weighted by atomic mass is 10.0. The number of halogens is 1. The van der Waals surface area contributed by atoms with E-state index in [9.17, 15) is 9.50 Å². The van der Waals surface area contributed by atoms with Crippen LogP contribution in [-0.2, 0) is 7.05 Å². The quantitative estimate of drug-likeness (QED) is 0.905. The summed E-state index contributed by atoms with van der Waals surface area (Å²) in [7, 11) is 3.24. The molecule has 0 fully saturated rings. The van der Waals surface area contributed by atoms with E-state index in [1.165, 1.54) is 23.9 Å². The predicted octanol–water partition coefficient (Wildman–Crippen LogP) is 1.96. The van der Waals surface area contributed by atoms with Gasteiger partial charge in [0.15, 0.2) is 0 Å². The number of benzene rings is 1. The van der Waals surface area contributed by atoms with Gasteiger partial charge in [-0.05, 0) is 30.2 Å². The lowest BCUT2D eigenvalue weighted by molar-refractivity contribution is 0.213. The SMILES string of the molecule is COc1cc(C(O)c2cc(F)ccc2C)nn1C. The second kappa shape index (κ2) is 4.78. The Hall–Kier alpha value is -1.88. The normalized spacial score (nSPS) is 12.5. The van der Waals surface area contributed by atoms with Crippen molar-refractivity contribution in [2.75, 3.05) is 7.11 Å². The summed E-state index contributed by atoms with van der Waals surface area (Å²) in [5.74, 6) is 0.163. The minimum absolute atomic E-state index is 0.377. The van der Waals surface area contributed by atoms with Crippen molar-refractivity contribution in [1.29, 1.82) is 0 Å². The summed E-state index contributed by atoms with van der Waals surface area (Å²) in [4.78, 5) is 0. The van der Waals surface area contributed by atoms with Gasteiger partial charge in [0.25, 0.3) is 0 Å². The zero-order valence-electron chi connectivity index (χ0n) is 10.5. The Morgan fingerprint density at radius 1 is 1.39 bits per heavy atom. The molecule has 0 saturated heterocycles. The van der Waals surface area contributed by atoms with Gasteiger partial charge in [-0.3, -0.25) is 0 Å². The average Bonchev–Trinajstić information content (AvgIpc) is 2.73. The highest BCUT2D eigenvalue weighted by molar-refractivity contribution is 5.34. The van der Waals surface area contributed by atoms with Crippen molar-refractivity contribution in [1.82, 2.24) is 9.78 Å². The zero-order valence-corrected chi connectivity index (χ0v) is 10.5. The van der Waals surface area contributed by atoms with Crippen molar-refractivity contribution in [2.24, 2.45) is 7.05 Å². The van der Waals surface area contributed by atoms with Gasteiger partial charge >= 0.3 is 0 Å². The van der Waals surface area contributed by atoms with Gasteiger partial charge in [-0.1, -0.05) is 6.07 Å². The van der Waals surface area contributed by atoms with Crippen LogP contribution >= 0.6 is 0 Å². The van der Waals surface area contributed by atoms with Gasteiger partial charge in [-0.15, -0.1) is 0 Å². The summed E-state index contributed by atoms with van der Waals surface area (Å²) in [6.07, 6.45) is -0.962. The number of ether oxygens (including phenoxy) is 1. The summed E-state index contributed by atoms with van der Waals surface area (Å²) in [5, 5.41) is 14.4. The highest BCUT2D eigenvalue weighted by atomic mass is 19.1. The second-order valence-electron chi connectivity index (χ2n) is 4.14. The van der Waals surface area contributed by atoms with Gasteiger partial charge < -0.3 is 9.84 Å². The molecule has 0 saturated carbocycles. The van der Waals surface area contributed by atoms with E-state index in [1.807, 2.05) is 6.92 Å². The summed E-state index contributed by atoms with van der Waals surface area (Å²) in [5.41, 5.74) is 1.76. The molecule has 0 aliphatic rings. The van der Waals surface area contributed by atoms with Crippen LogP contribution in [0, 0.1) is 12.7 Å². The molecule has 2 rings (SSSR count). The van der Waals surface area contributed by atoms with Crippen molar-refractivity contribution in [3.63, 3.8) is 0 Å². The maximum atomic E-state index is 13.2. The van der Waals surface area contributed by atoms with Gasteiger partial charge in [0.1, 0.15) is 11.9 Å². The highest BCUT2D eigenvalue weighted by Crippen LogP contribution is 2.26. The Bertz CT molecular complexity index is 566. The van der Waals surface area contributed by atoms with Crippen molar-refractivity contribution in [3.8, 4) is 5.88 Å². The number of aromatic nitrogens is 2. The van der Waals surface area contributed by atoms with Crippen LogP contribution in [0.15, 0.2) is 24.3 Å². The lowest BCUT2D eigenvalue weighted by Gasteiger charge is -2.11. The number of rotatable bonds is 3. The third kappa shape index (κ3) is 2.22. The number of aryl methyl sites for hydroxylation is 2. The Labute approximate surface area is 105 Å². The minimum atomic E-state index is -0.962. The van der Waals surface area contributed by atoms with Crippen LogP contribution < -0.4 is 4.74 Å². The number of methoxy groups -OCH3 is 1. The van der Waals surface area contributed by atoms with Crippen molar-refractivity contribution < 1.29 is 14.2 Å². The highest BCUT2D eigenvalue weighted by Gasteiger charge is 2.18. The van der Waals surface area contributed by atoms with Crippen LogP contribution in [0.1, 0.15) is 22.9 Å². The van der Waals surface area contributed by atoms with Crippen LogP contribution in [0.2, 0.25) is 0 Å². The molecule has 1 aromatic carbocycles. The first kappa shape index (κ1) is 12.6. The van der Waals surface area contributed by atoms with Gasteiger partial charge in [-0.25, -0.2) is 9.07 Å². The molecule has 0 aliphatic carbocycles. The average molecular weight is 250 g/mol. The number of nitrogens with zero attached hydrogens (tertiary/aromatic N) is 2. The predicted molar refractivity (Wildman–Crippen MR) is 65.0 cm³/mol.